The highest BCUT2D eigenvalue weighted by Gasteiger charge is 2.15. The molecule has 0 radical (unpaired) electrons. The van der Waals surface area contributed by atoms with Crippen molar-refractivity contribution in [2.45, 2.75) is 57.8 Å². The molecule has 1 fully saturated rings. The lowest BCUT2D eigenvalue weighted by molar-refractivity contribution is 0.0519. The van der Waals surface area contributed by atoms with Crippen LogP contribution in [0.1, 0.15) is 57.8 Å². The summed E-state index contributed by atoms with van der Waals surface area (Å²) in [6.07, 6.45) is 12.5. The van der Waals surface area contributed by atoms with Crippen molar-refractivity contribution in [3.05, 3.63) is 24.5 Å². The number of rotatable bonds is 12. The molecule has 1 aliphatic rings. The van der Waals surface area contributed by atoms with Crippen LogP contribution in [0.3, 0.4) is 0 Å². The molecule has 0 aromatic carbocycles. The Morgan fingerprint density at radius 2 is 1.96 bits per heavy atom. The number of hydrogen-bond donors (Lipinski definition) is 4. The first-order valence-electron chi connectivity index (χ1n) is 10.2. The highest BCUT2D eigenvalue weighted by Crippen LogP contribution is 2.23. The number of aromatic nitrogens is 1. The van der Waals surface area contributed by atoms with Gasteiger partial charge in [-0.25, -0.2) is 8.42 Å². The van der Waals surface area contributed by atoms with Crippen molar-refractivity contribution in [1.29, 1.82) is 5.41 Å². The van der Waals surface area contributed by atoms with Crippen LogP contribution in [0.4, 0.5) is 5.69 Å². The summed E-state index contributed by atoms with van der Waals surface area (Å²) in [6, 6.07) is 3.65. The van der Waals surface area contributed by atoms with Gasteiger partial charge in [-0.05, 0) is 43.7 Å². The molecule has 0 spiro atoms. The first-order valence-corrected chi connectivity index (χ1v) is 11.8. The quantitative estimate of drug-likeness (QED) is 0.182. The lowest BCUT2D eigenvalue weighted by atomic mass is 9.90. The summed E-state index contributed by atoms with van der Waals surface area (Å²) in [7, 11) is -3.36. The van der Waals surface area contributed by atoms with Gasteiger partial charge >= 0.3 is 0 Å². The number of anilines is 1. The van der Waals surface area contributed by atoms with Crippen molar-refractivity contribution >= 4 is 21.7 Å². The fourth-order valence-corrected chi connectivity index (χ4v) is 4.16. The Hall–Kier alpha value is -1.71. The molecule has 1 heterocycles. The van der Waals surface area contributed by atoms with Gasteiger partial charge in [0.15, 0.2) is 5.96 Å². The van der Waals surface area contributed by atoms with Crippen LogP contribution in [0.2, 0.25) is 0 Å². The van der Waals surface area contributed by atoms with Gasteiger partial charge in [0.05, 0.1) is 24.2 Å². The Morgan fingerprint density at radius 3 is 2.71 bits per heavy atom. The fraction of sp³-hybridized carbons (Fsp3) is 0.684. The van der Waals surface area contributed by atoms with Crippen molar-refractivity contribution in [2.24, 2.45) is 5.92 Å². The average molecular weight is 412 g/mol. The maximum absolute atomic E-state index is 11.9. The van der Waals surface area contributed by atoms with Gasteiger partial charge in [-0.1, -0.05) is 37.0 Å². The summed E-state index contributed by atoms with van der Waals surface area (Å²) in [4.78, 5) is 11.5. The molecule has 1 aromatic rings. The summed E-state index contributed by atoms with van der Waals surface area (Å²) in [5.41, 5.74) is 0.767. The Bertz CT molecular complexity index is 663. The Kier molecular flexibility index (Phi) is 10.2. The van der Waals surface area contributed by atoms with Gasteiger partial charge in [-0.3, -0.25) is 15.2 Å². The Balaban J connectivity index is 1.45. The Morgan fingerprint density at radius 1 is 1.18 bits per heavy atom. The van der Waals surface area contributed by atoms with Crippen molar-refractivity contribution in [3.63, 3.8) is 0 Å². The SMILES string of the molecule is N=C(NCCCCCCS(=O)(=O)NOCC1CCCCC1)Nc1cccnc1. The van der Waals surface area contributed by atoms with Gasteiger partial charge in [-0.15, -0.1) is 0 Å². The summed E-state index contributed by atoms with van der Waals surface area (Å²) in [6.45, 7) is 1.14. The van der Waals surface area contributed by atoms with Gasteiger partial charge in [0.1, 0.15) is 0 Å². The van der Waals surface area contributed by atoms with Crippen LogP contribution < -0.4 is 15.5 Å². The van der Waals surface area contributed by atoms with E-state index >= 15 is 0 Å². The van der Waals surface area contributed by atoms with E-state index in [-0.39, 0.29) is 11.7 Å². The monoisotopic (exact) mass is 411 g/mol. The normalized spacial score (nSPS) is 15.3. The van der Waals surface area contributed by atoms with Crippen LogP contribution >= 0.6 is 0 Å². The highest BCUT2D eigenvalue weighted by molar-refractivity contribution is 7.89. The van der Waals surface area contributed by atoms with Crippen LogP contribution in [0.5, 0.6) is 0 Å². The lowest BCUT2D eigenvalue weighted by Gasteiger charge is -2.21. The number of hydrogen-bond acceptors (Lipinski definition) is 5. The molecular formula is C19H33N5O3S. The minimum Gasteiger partial charge on any atom is -0.356 e. The minimum absolute atomic E-state index is 0.0868. The number of pyridine rings is 1. The molecule has 0 saturated heterocycles. The van der Waals surface area contributed by atoms with Gasteiger partial charge < -0.3 is 10.6 Å². The van der Waals surface area contributed by atoms with E-state index in [4.69, 9.17) is 10.2 Å². The largest absolute Gasteiger partial charge is 0.356 e. The van der Waals surface area contributed by atoms with Crippen molar-refractivity contribution in [2.75, 3.05) is 24.2 Å². The Labute approximate surface area is 168 Å². The first-order chi connectivity index (χ1) is 13.6. The standard InChI is InChI=1S/C19H33N5O3S/c20-19(23-18-11-8-12-21-15-18)22-13-6-1-2-7-14-28(25,26)24-27-16-17-9-4-3-5-10-17/h8,11-12,15,17,24H,1-7,9-10,13-14,16H2,(H3,20,22,23). The van der Waals surface area contributed by atoms with E-state index in [2.05, 4.69) is 20.5 Å². The smallest absolute Gasteiger partial charge is 0.233 e. The van der Waals surface area contributed by atoms with Crippen LogP contribution in [-0.2, 0) is 14.9 Å². The molecule has 28 heavy (non-hydrogen) atoms. The molecule has 2 rings (SSSR count). The van der Waals surface area contributed by atoms with E-state index in [9.17, 15) is 8.42 Å². The van der Waals surface area contributed by atoms with Crippen molar-refractivity contribution < 1.29 is 13.3 Å². The number of guanidine groups is 1. The van der Waals surface area contributed by atoms with E-state index < -0.39 is 10.0 Å². The zero-order valence-electron chi connectivity index (χ0n) is 16.5. The van der Waals surface area contributed by atoms with E-state index in [0.29, 0.717) is 25.5 Å². The summed E-state index contributed by atoms with van der Waals surface area (Å²) in [5, 5.41) is 13.7. The number of sulfonamides is 1. The minimum atomic E-state index is -3.36. The highest BCUT2D eigenvalue weighted by atomic mass is 32.2. The molecule has 158 valence electrons. The second kappa shape index (κ2) is 12.7. The zero-order chi connectivity index (χ0) is 20.1. The maximum Gasteiger partial charge on any atom is 0.233 e. The second-order valence-corrected chi connectivity index (χ2v) is 9.10. The molecule has 1 aliphatic carbocycles. The molecule has 4 N–H and O–H groups in total. The van der Waals surface area contributed by atoms with E-state index in [1.807, 2.05) is 6.07 Å². The second-order valence-electron chi connectivity index (χ2n) is 7.30. The summed E-state index contributed by atoms with van der Waals surface area (Å²) >= 11 is 0. The molecule has 0 aliphatic heterocycles. The lowest BCUT2D eigenvalue weighted by Crippen LogP contribution is -2.30. The molecule has 1 saturated carbocycles. The van der Waals surface area contributed by atoms with Gasteiger partial charge in [-0.2, -0.15) is 0 Å². The predicted molar refractivity (Wildman–Crippen MR) is 112 cm³/mol. The van der Waals surface area contributed by atoms with E-state index in [0.717, 1.165) is 37.8 Å². The van der Waals surface area contributed by atoms with Crippen molar-refractivity contribution in [3.8, 4) is 0 Å². The first kappa shape index (κ1) is 22.6. The van der Waals surface area contributed by atoms with Gasteiger partial charge in [0.25, 0.3) is 0 Å². The third kappa shape index (κ3) is 10.0. The zero-order valence-corrected chi connectivity index (χ0v) is 17.3. The molecule has 9 heteroatoms. The van der Waals surface area contributed by atoms with Crippen LogP contribution in [0.25, 0.3) is 0 Å². The number of unbranched alkanes of at least 4 members (excludes halogenated alkanes) is 3. The van der Waals surface area contributed by atoms with E-state index in [1.165, 1.54) is 19.3 Å². The maximum atomic E-state index is 11.9. The molecule has 0 atom stereocenters. The van der Waals surface area contributed by atoms with Crippen LogP contribution in [-0.4, -0.2) is 38.3 Å². The van der Waals surface area contributed by atoms with Crippen LogP contribution in [0.15, 0.2) is 24.5 Å². The fourth-order valence-electron chi connectivity index (χ4n) is 3.25. The third-order valence-corrected chi connectivity index (χ3v) is 6.00. The topological polar surface area (TPSA) is 116 Å². The van der Waals surface area contributed by atoms with Crippen molar-refractivity contribution in [1.82, 2.24) is 15.2 Å². The molecule has 0 bridgehead atoms. The molecular weight excluding hydrogens is 378 g/mol. The van der Waals surface area contributed by atoms with Gasteiger partial charge in [0.2, 0.25) is 10.0 Å². The average Bonchev–Trinajstić information content (AvgIpc) is 2.68. The number of nitrogens with zero attached hydrogens (tertiary/aromatic N) is 1. The van der Waals surface area contributed by atoms with Gasteiger partial charge in [0, 0.05) is 12.7 Å². The van der Waals surface area contributed by atoms with E-state index in [1.54, 1.807) is 18.5 Å². The van der Waals surface area contributed by atoms with Crippen LogP contribution in [0, 0.1) is 11.3 Å². The number of nitrogens with one attached hydrogen (secondary N) is 4. The molecule has 0 amide bonds. The third-order valence-electron chi connectivity index (χ3n) is 4.80. The summed E-state index contributed by atoms with van der Waals surface area (Å²) < 4.78 is 23.9. The predicted octanol–water partition coefficient (Wildman–Crippen LogP) is 3.01. The summed E-state index contributed by atoms with van der Waals surface area (Å²) in [5.74, 6) is 0.800. The molecule has 8 nitrogen and oxygen atoms in total. The molecule has 0 unspecified atom stereocenters. The molecule has 1 aromatic heterocycles.